The van der Waals surface area contributed by atoms with Gasteiger partial charge in [0.15, 0.2) is 0 Å². The highest BCUT2D eigenvalue weighted by Gasteiger charge is 2.46. The number of hydrogen-bond donors (Lipinski definition) is 1. The molecule has 1 N–H and O–H groups in total. The average molecular weight is 454 g/mol. The molecule has 0 radical (unpaired) electrons. The van der Waals surface area contributed by atoms with Crippen molar-refractivity contribution < 1.29 is 14.4 Å². The molecule has 0 unspecified atom stereocenters. The number of anilines is 2. The second-order valence-corrected chi connectivity index (χ2v) is 8.56. The molecule has 2 heterocycles. The Bertz CT molecular complexity index is 1090. The summed E-state index contributed by atoms with van der Waals surface area (Å²) in [5.74, 6) is -0.756. The van der Waals surface area contributed by atoms with Gasteiger partial charge in [-0.15, -0.1) is 11.3 Å². The smallest absolute Gasteiger partial charge is 0.326 e. The molecule has 6 nitrogen and oxygen atoms in total. The third kappa shape index (κ3) is 4.78. The van der Waals surface area contributed by atoms with Crippen LogP contribution in [0.4, 0.5) is 16.2 Å². The van der Waals surface area contributed by atoms with Crippen molar-refractivity contribution in [1.82, 2.24) is 4.90 Å². The quantitative estimate of drug-likeness (QED) is 0.522. The molecule has 1 aliphatic heterocycles. The summed E-state index contributed by atoms with van der Waals surface area (Å²) in [6, 6.07) is 18.2. The normalized spacial score (nSPS) is 16.1. The fourth-order valence-electron chi connectivity index (χ4n) is 3.53. The minimum atomic E-state index is -0.879. The van der Waals surface area contributed by atoms with Crippen LogP contribution in [0.25, 0.3) is 0 Å². The summed E-state index contributed by atoms with van der Waals surface area (Å²) >= 11 is 7.66. The average Bonchev–Trinajstić information content (AvgIpc) is 3.34. The fraction of sp³-hybridized carbons (Fsp3) is 0.174. The SMILES string of the molecule is O=C(C[C@H]1C(=O)N(c2cccc(Cl)c2)C(=O)N1CCc1cccs1)Nc1ccccc1. The zero-order valence-electron chi connectivity index (χ0n) is 16.5. The maximum Gasteiger partial charge on any atom is 0.332 e. The number of nitrogens with one attached hydrogen (secondary N) is 1. The Morgan fingerprint density at radius 2 is 1.84 bits per heavy atom. The van der Waals surface area contributed by atoms with Crippen LogP contribution in [0.1, 0.15) is 11.3 Å². The summed E-state index contributed by atoms with van der Waals surface area (Å²) in [5, 5.41) is 5.18. The zero-order chi connectivity index (χ0) is 21.8. The lowest BCUT2D eigenvalue weighted by Crippen LogP contribution is -2.39. The molecule has 1 saturated heterocycles. The van der Waals surface area contributed by atoms with E-state index in [1.54, 1.807) is 47.7 Å². The van der Waals surface area contributed by atoms with E-state index in [9.17, 15) is 14.4 Å². The van der Waals surface area contributed by atoms with Crippen LogP contribution < -0.4 is 10.2 Å². The predicted octanol–water partition coefficient (Wildman–Crippen LogP) is 4.81. The Balaban J connectivity index is 1.56. The summed E-state index contributed by atoms with van der Waals surface area (Å²) in [7, 11) is 0. The van der Waals surface area contributed by atoms with E-state index in [0.29, 0.717) is 29.4 Å². The van der Waals surface area contributed by atoms with E-state index in [0.717, 1.165) is 9.78 Å². The Morgan fingerprint density at radius 3 is 2.55 bits per heavy atom. The van der Waals surface area contributed by atoms with Crippen LogP contribution in [0.3, 0.4) is 0 Å². The number of imide groups is 1. The molecule has 3 aromatic rings. The van der Waals surface area contributed by atoms with E-state index in [4.69, 9.17) is 11.6 Å². The van der Waals surface area contributed by atoms with Crippen molar-refractivity contribution in [3.63, 3.8) is 0 Å². The Hall–Kier alpha value is -3.16. The number of thiophene rings is 1. The number of benzene rings is 2. The topological polar surface area (TPSA) is 69.7 Å². The molecule has 1 aromatic heterocycles. The summed E-state index contributed by atoms with van der Waals surface area (Å²) in [5.41, 5.74) is 1.04. The van der Waals surface area contributed by atoms with Gasteiger partial charge in [-0.1, -0.05) is 41.9 Å². The summed E-state index contributed by atoms with van der Waals surface area (Å²) in [6.45, 7) is 0.339. The molecule has 2 aromatic carbocycles. The van der Waals surface area contributed by atoms with Gasteiger partial charge in [-0.3, -0.25) is 9.59 Å². The van der Waals surface area contributed by atoms with E-state index < -0.39 is 18.0 Å². The van der Waals surface area contributed by atoms with Gasteiger partial charge < -0.3 is 10.2 Å². The fourth-order valence-corrected chi connectivity index (χ4v) is 4.42. The van der Waals surface area contributed by atoms with Crippen LogP contribution in [0.15, 0.2) is 72.1 Å². The van der Waals surface area contributed by atoms with Gasteiger partial charge in [0.25, 0.3) is 5.91 Å². The second kappa shape index (κ2) is 9.32. The first-order chi connectivity index (χ1) is 15.0. The lowest BCUT2D eigenvalue weighted by Gasteiger charge is -2.21. The first kappa shape index (κ1) is 21.1. The van der Waals surface area contributed by atoms with Crippen LogP contribution >= 0.6 is 22.9 Å². The number of hydrogen-bond acceptors (Lipinski definition) is 4. The van der Waals surface area contributed by atoms with Gasteiger partial charge in [-0.25, -0.2) is 9.69 Å². The molecule has 0 aliphatic carbocycles. The van der Waals surface area contributed by atoms with Gasteiger partial charge in [0, 0.05) is 22.1 Å². The molecular weight excluding hydrogens is 434 g/mol. The molecule has 0 saturated carbocycles. The molecular formula is C23H20ClN3O3S. The number of carbonyl (C=O) groups is 3. The molecule has 4 amide bonds. The molecule has 8 heteroatoms. The summed E-state index contributed by atoms with van der Waals surface area (Å²) in [6.07, 6.45) is 0.484. The molecule has 31 heavy (non-hydrogen) atoms. The highest BCUT2D eigenvalue weighted by molar-refractivity contribution is 7.09. The molecule has 0 bridgehead atoms. The maximum atomic E-state index is 13.2. The van der Waals surface area contributed by atoms with E-state index in [-0.39, 0.29) is 12.3 Å². The minimum absolute atomic E-state index is 0.124. The van der Waals surface area contributed by atoms with Gasteiger partial charge >= 0.3 is 6.03 Å². The number of amides is 4. The number of nitrogens with zero attached hydrogens (tertiary/aromatic N) is 2. The molecule has 0 spiro atoms. The van der Waals surface area contributed by atoms with Crippen molar-refractivity contribution in [2.75, 3.05) is 16.8 Å². The molecule has 158 valence electrons. The molecule has 4 rings (SSSR count). The zero-order valence-corrected chi connectivity index (χ0v) is 18.1. The van der Waals surface area contributed by atoms with Crippen molar-refractivity contribution in [1.29, 1.82) is 0 Å². The lowest BCUT2D eigenvalue weighted by molar-refractivity contribution is -0.124. The van der Waals surface area contributed by atoms with E-state index in [1.165, 1.54) is 4.90 Å². The highest BCUT2D eigenvalue weighted by atomic mass is 35.5. The van der Waals surface area contributed by atoms with E-state index >= 15 is 0 Å². The van der Waals surface area contributed by atoms with Crippen molar-refractivity contribution in [3.05, 3.63) is 82.0 Å². The minimum Gasteiger partial charge on any atom is -0.326 e. The van der Waals surface area contributed by atoms with Crippen LogP contribution in [-0.2, 0) is 16.0 Å². The predicted molar refractivity (Wildman–Crippen MR) is 123 cm³/mol. The molecule has 1 fully saturated rings. The largest absolute Gasteiger partial charge is 0.332 e. The second-order valence-electron chi connectivity index (χ2n) is 7.09. The van der Waals surface area contributed by atoms with Gasteiger partial charge in [0.05, 0.1) is 12.1 Å². The molecule has 1 aliphatic rings. The summed E-state index contributed by atoms with van der Waals surface area (Å²) in [4.78, 5) is 42.8. The monoisotopic (exact) mass is 453 g/mol. The third-order valence-electron chi connectivity index (χ3n) is 5.00. The van der Waals surface area contributed by atoms with E-state index in [2.05, 4.69) is 5.32 Å². The molecule has 1 atom stereocenters. The van der Waals surface area contributed by atoms with Gasteiger partial charge in [0.1, 0.15) is 6.04 Å². The first-order valence-electron chi connectivity index (χ1n) is 9.80. The third-order valence-corrected chi connectivity index (χ3v) is 6.17. The number of halogens is 1. The highest BCUT2D eigenvalue weighted by Crippen LogP contribution is 2.29. The van der Waals surface area contributed by atoms with Gasteiger partial charge in [-0.2, -0.15) is 0 Å². The Kier molecular flexibility index (Phi) is 6.34. The summed E-state index contributed by atoms with van der Waals surface area (Å²) < 4.78 is 0. The van der Waals surface area contributed by atoms with E-state index in [1.807, 2.05) is 35.7 Å². The van der Waals surface area contributed by atoms with Crippen LogP contribution in [-0.4, -0.2) is 35.3 Å². The lowest BCUT2D eigenvalue weighted by atomic mass is 10.1. The number of urea groups is 1. The van der Waals surface area contributed by atoms with Gasteiger partial charge in [0.2, 0.25) is 5.91 Å². The van der Waals surface area contributed by atoms with Gasteiger partial charge in [-0.05, 0) is 48.2 Å². The van der Waals surface area contributed by atoms with Crippen molar-refractivity contribution in [3.8, 4) is 0 Å². The van der Waals surface area contributed by atoms with Crippen molar-refractivity contribution in [2.24, 2.45) is 0 Å². The Morgan fingerprint density at radius 1 is 1.03 bits per heavy atom. The van der Waals surface area contributed by atoms with Crippen molar-refractivity contribution >= 4 is 52.2 Å². The van der Waals surface area contributed by atoms with Crippen LogP contribution in [0.2, 0.25) is 5.02 Å². The van der Waals surface area contributed by atoms with Crippen molar-refractivity contribution in [2.45, 2.75) is 18.9 Å². The number of para-hydroxylation sites is 1. The first-order valence-corrected chi connectivity index (χ1v) is 11.1. The Labute approximate surface area is 189 Å². The van der Waals surface area contributed by atoms with Crippen LogP contribution in [0.5, 0.6) is 0 Å². The number of carbonyl (C=O) groups excluding carboxylic acids is 3. The maximum absolute atomic E-state index is 13.2. The standard InChI is InChI=1S/C23H20ClN3O3S/c24-16-6-4-9-18(14-16)27-22(29)20(15-21(28)25-17-7-2-1-3-8-17)26(23(27)30)12-11-19-10-5-13-31-19/h1-10,13-14,20H,11-12,15H2,(H,25,28)/t20-/m0/s1. The number of rotatable bonds is 7. The van der Waals surface area contributed by atoms with Crippen LogP contribution in [0, 0.1) is 0 Å².